The molecular formula is C10H8N2O2. The number of nitrogens with one attached hydrogen (secondary N) is 1. The summed E-state index contributed by atoms with van der Waals surface area (Å²) in [6.45, 7) is 0. The van der Waals surface area contributed by atoms with Gasteiger partial charge in [0.1, 0.15) is 0 Å². The van der Waals surface area contributed by atoms with Crippen LogP contribution in [0.4, 0.5) is 0 Å². The second-order valence-electron chi connectivity index (χ2n) is 2.89. The van der Waals surface area contributed by atoms with Gasteiger partial charge in [0.05, 0.1) is 11.7 Å². The predicted octanol–water partition coefficient (Wildman–Crippen LogP) is 1.66. The number of aromatic amines is 1. The van der Waals surface area contributed by atoms with Gasteiger partial charge in [-0.2, -0.15) is 5.10 Å². The van der Waals surface area contributed by atoms with Gasteiger partial charge in [-0.1, -0.05) is 12.1 Å². The van der Waals surface area contributed by atoms with E-state index in [1.54, 1.807) is 12.3 Å². The highest BCUT2D eigenvalue weighted by Crippen LogP contribution is 2.13. The first-order chi connectivity index (χ1) is 6.75. The number of H-pyrrole nitrogens is 1. The molecule has 14 heavy (non-hydrogen) atoms. The largest absolute Gasteiger partial charge is 0.478 e. The monoisotopic (exact) mass is 188 g/mol. The molecule has 0 aliphatic carbocycles. The number of aliphatic carboxylic acids is 1. The number of benzene rings is 1. The third-order valence-electron chi connectivity index (χ3n) is 1.88. The molecule has 1 heterocycles. The Morgan fingerprint density at radius 2 is 2.36 bits per heavy atom. The van der Waals surface area contributed by atoms with Gasteiger partial charge in [0.25, 0.3) is 0 Å². The minimum atomic E-state index is -0.949. The molecule has 4 nitrogen and oxygen atoms in total. The number of fused-ring (bicyclic) bond motifs is 1. The fourth-order valence-electron chi connectivity index (χ4n) is 1.23. The van der Waals surface area contributed by atoms with Gasteiger partial charge in [-0.05, 0) is 17.7 Å². The third-order valence-corrected chi connectivity index (χ3v) is 1.88. The summed E-state index contributed by atoms with van der Waals surface area (Å²) in [5, 5.41) is 16.1. The highest BCUT2D eigenvalue weighted by molar-refractivity contribution is 5.87. The lowest BCUT2D eigenvalue weighted by atomic mass is 10.1. The fraction of sp³-hybridized carbons (Fsp3) is 0. The summed E-state index contributed by atoms with van der Waals surface area (Å²) in [5.41, 5.74) is 1.74. The number of hydrogen-bond donors (Lipinski definition) is 2. The maximum absolute atomic E-state index is 10.3. The Kier molecular flexibility index (Phi) is 2.02. The van der Waals surface area contributed by atoms with Crippen LogP contribution < -0.4 is 0 Å². The van der Waals surface area contributed by atoms with Gasteiger partial charge < -0.3 is 5.11 Å². The molecule has 0 aliphatic rings. The molecule has 0 unspecified atom stereocenters. The van der Waals surface area contributed by atoms with Crippen LogP contribution in [0.2, 0.25) is 0 Å². The van der Waals surface area contributed by atoms with Crippen LogP contribution >= 0.6 is 0 Å². The Bertz CT molecular complexity index is 500. The Morgan fingerprint density at radius 3 is 3.14 bits per heavy atom. The summed E-state index contributed by atoms with van der Waals surface area (Å²) >= 11 is 0. The number of carboxylic acid groups (broad SMARTS) is 1. The van der Waals surface area contributed by atoms with Crippen LogP contribution in [0.1, 0.15) is 5.56 Å². The van der Waals surface area contributed by atoms with Crippen molar-refractivity contribution in [1.82, 2.24) is 10.2 Å². The van der Waals surface area contributed by atoms with Gasteiger partial charge in [-0.25, -0.2) is 4.79 Å². The lowest BCUT2D eigenvalue weighted by Gasteiger charge is -1.92. The first-order valence-corrected chi connectivity index (χ1v) is 4.10. The van der Waals surface area contributed by atoms with Gasteiger partial charge >= 0.3 is 5.97 Å². The number of aromatic nitrogens is 2. The zero-order valence-corrected chi connectivity index (χ0v) is 7.27. The minimum Gasteiger partial charge on any atom is -0.478 e. The lowest BCUT2D eigenvalue weighted by Crippen LogP contribution is -1.85. The first kappa shape index (κ1) is 8.50. The molecule has 0 fully saturated rings. The zero-order valence-electron chi connectivity index (χ0n) is 7.27. The van der Waals surface area contributed by atoms with Crippen LogP contribution in [-0.4, -0.2) is 21.3 Å². The molecule has 0 atom stereocenters. The number of hydrogen-bond acceptors (Lipinski definition) is 2. The average Bonchev–Trinajstić information content (AvgIpc) is 2.61. The van der Waals surface area contributed by atoms with E-state index in [1.165, 1.54) is 0 Å². The highest BCUT2D eigenvalue weighted by atomic mass is 16.4. The Balaban J connectivity index is 2.39. The summed E-state index contributed by atoms with van der Waals surface area (Å²) in [6, 6.07) is 5.58. The Morgan fingerprint density at radius 1 is 1.50 bits per heavy atom. The van der Waals surface area contributed by atoms with Crippen molar-refractivity contribution in [2.24, 2.45) is 0 Å². The molecule has 2 N–H and O–H groups in total. The maximum Gasteiger partial charge on any atom is 0.328 e. The second-order valence-corrected chi connectivity index (χ2v) is 2.89. The number of nitrogens with zero attached hydrogens (tertiary/aromatic N) is 1. The number of rotatable bonds is 2. The molecular weight excluding hydrogens is 180 g/mol. The quantitative estimate of drug-likeness (QED) is 0.704. The van der Waals surface area contributed by atoms with Crippen LogP contribution in [0.25, 0.3) is 17.0 Å². The van der Waals surface area contributed by atoms with Crippen molar-refractivity contribution in [2.75, 3.05) is 0 Å². The van der Waals surface area contributed by atoms with Crippen molar-refractivity contribution in [3.8, 4) is 0 Å². The van der Waals surface area contributed by atoms with E-state index in [4.69, 9.17) is 5.11 Å². The Hall–Kier alpha value is -2.10. The van der Waals surface area contributed by atoms with Crippen molar-refractivity contribution in [3.63, 3.8) is 0 Å². The van der Waals surface area contributed by atoms with Gasteiger partial charge in [-0.15, -0.1) is 0 Å². The molecule has 0 amide bonds. The topological polar surface area (TPSA) is 66.0 Å². The molecule has 2 rings (SSSR count). The van der Waals surface area contributed by atoms with Crippen LogP contribution in [0.15, 0.2) is 30.5 Å². The molecule has 1 aromatic carbocycles. The average molecular weight is 188 g/mol. The molecule has 1 aromatic heterocycles. The van der Waals surface area contributed by atoms with Crippen molar-refractivity contribution >= 4 is 22.9 Å². The van der Waals surface area contributed by atoms with Crippen molar-refractivity contribution < 1.29 is 9.90 Å². The van der Waals surface area contributed by atoms with Crippen molar-refractivity contribution in [1.29, 1.82) is 0 Å². The van der Waals surface area contributed by atoms with Crippen LogP contribution in [0.3, 0.4) is 0 Å². The van der Waals surface area contributed by atoms with Crippen molar-refractivity contribution in [3.05, 3.63) is 36.0 Å². The van der Waals surface area contributed by atoms with E-state index in [0.29, 0.717) is 0 Å². The highest BCUT2D eigenvalue weighted by Gasteiger charge is 1.95. The van der Waals surface area contributed by atoms with Gasteiger partial charge in [0.2, 0.25) is 0 Å². The van der Waals surface area contributed by atoms with Gasteiger partial charge in [0, 0.05) is 11.5 Å². The van der Waals surface area contributed by atoms with E-state index >= 15 is 0 Å². The van der Waals surface area contributed by atoms with E-state index in [0.717, 1.165) is 22.5 Å². The van der Waals surface area contributed by atoms with Crippen LogP contribution in [-0.2, 0) is 4.79 Å². The second kappa shape index (κ2) is 3.33. The smallest absolute Gasteiger partial charge is 0.328 e. The van der Waals surface area contributed by atoms with E-state index in [2.05, 4.69) is 10.2 Å². The standard InChI is InChI=1S/C10H8N2O2/c13-10(14)4-2-7-1-3-8-6-11-12-9(8)5-7/h1-6H,(H,11,12)(H,13,14). The molecule has 0 bridgehead atoms. The number of carboxylic acids is 1. The first-order valence-electron chi connectivity index (χ1n) is 4.10. The SMILES string of the molecule is O=C(O)C=Cc1ccc2cn[nH]c2c1. The van der Waals surface area contributed by atoms with E-state index in [9.17, 15) is 4.79 Å². The molecule has 4 heteroatoms. The summed E-state index contributed by atoms with van der Waals surface area (Å²) in [4.78, 5) is 10.3. The van der Waals surface area contributed by atoms with E-state index in [-0.39, 0.29) is 0 Å². The Labute approximate surface area is 79.9 Å². The van der Waals surface area contributed by atoms with Crippen molar-refractivity contribution in [2.45, 2.75) is 0 Å². The fourth-order valence-corrected chi connectivity index (χ4v) is 1.23. The molecule has 0 saturated heterocycles. The molecule has 0 radical (unpaired) electrons. The number of carbonyl (C=O) groups is 1. The van der Waals surface area contributed by atoms with Crippen LogP contribution in [0, 0.1) is 0 Å². The lowest BCUT2D eigenvalue weighted by molar-refractivity contribution is -0.131. The molecule has 0 spiro atoms. The third kappa shape index (κ3) is 1.64. The zero-order chi connectivity index (χ0) is 9.97. The molecule has 0 saturated carbocycles. The minimum absolute atomic E-state index is 0.837. The van der Waals surface area contributed by atoms with E-state index in [1.807, 2.05) is 18.2 Å². The van der Waals surface area contributed by atoms with Gasteiger partial charge in [-0.3, -0.25) is 5.10 Å². The summed E-state index contributed by atoms with van der Waals surface area (Å²) in [6.07, 6.45) is 4.38. The molecule has 2 aromatic rings. The normalized spacial score (nSPS) is 11.1. The predicted molar refractivity (Wildman–Crippen MR) is 52.8 cm³/mol. The van der Waals surface area contributed by atoms with E-state index < -0.39 is 5.97 Å². The summed E-state index contributed by atoms with van der Waals surface area (Å²) in [5.74, 6) is -0.949. The summed E-state index contributed by atoms with van der Waals surface area (Å²) < 4.78 is 0. The molecule has 70 valence electrons. The molecule has 0 aliphatic heterocycles. The maximum atomic E-state index is 10.3. The van der Waals surface area contributed by atoms with Gasteiger partial charge in [0.15, 0.2) is 0 Å². The van der Waals surface area contributed by atoms with Crippen LogP contribution in [0.5, 0.6) is 0 Å². The summed E-state index contributed by atoms with van der Waals surface area (Å²) in [7, 11) is 0.